The first-order valence-corrected chi connectivity index (χ1v) is 10.5. The van der Waals surface area contributed by atoms with Crippen LogP contribution < -0.4 is 4.74 Å². The molecule has 1 fully saturated rings. The van der Waals surface area contributed by atoms with Crippen molar-refractivity contribution >= 4 is 5.78 Å². The van der Waals surface area contributed by atoms with Gasteiger partial charge in [-0.25, -0.2) is 0 Å². The maximum Gasteiger partial charge on any atom is 0.179 e. The quantitative estimate of drug-likeness (QED) is 0.597. The molecule has 1 aliphatic rings. The third-order valence-corrected chi connectivity index (χ3v) is 5.90. The number of ether oxygens (including phenoxy) is 1. The van der Waals surface area contributed by atoms with Crippen molar-refractivity contribution in [2.75, 3.05) is 13.1 Å². The van der Waals surface area contributed by atoms with Gasteiger partial charge in [0.1, 0.15) is 17.6 Å². The van der Waals surface area contributed by atoms with E-state index in [-0.39, 0.29) is 29.6 Å². The molecule has 1 heterocycles. The van der Waals surface area contributed by atoms with E-state index in [1.807, 2.05) is 43.3 Å². The van der Waals surface area contributed by atoms with Gasteiger partial charge in [0.15, 0.2) is 5.78 Å². The minimum Gasteiger partial charge on any atom is -0.508 e. The van der Waals surface area contributed by atoms with Gasteiger partial charge >= 0.3 is 0 Å². The fourth-order valence-electron chi connectivity index (χ4n) is 4.21. The first-order valence-electron chi connectivity index (χ1n) is 10.5. The average Bonchev–Trinajstić information content (AvgIpc) is 2.79. The number of hydrogen-bond acceptors (Lipinski definition) is 4. The van der Waals surface area contributed by atoms with Crippen LogP contribution in [0.2, 0.25) is 0 Å². The molecule has 154 valence electrons. The summed E-state index contributed by atoms with van der Waals surface area (Å²) in [6.07, 6.45) is 0.890. The zero-order valence-corrected chi connectivity index (χ0v) is 17.1. The number of nitrogens with zero attached hydrogens (tertiary/aromatic N) is 1. The van der Waals surface area contributed by atoms with E-state index in [9.17, 15) is 9.90 Å². The van der Waals surface area contributed by atoms with Gasteiger partial charge in [0.2, 0.25) is 0 Å². The van der Waals surface area contributed by atoms with Gasteiger partial charge in [-0.2, -0.15) is 0 Å². The van der Waals surface area contributed by atoms with Crippen molar-refractivity contribution < 1.29 is 14.6 Å². The number of piperidine rings is 1. The first-order chi connectivity index (χ1) is 14.6. The fourth-order valence-corrected chi connectivity index (χ4v) is 4.21. The molecule has 0 radical (unpaired) electrons. The van der Waals surface area contributed by atoms with Crippen LogP contribution in [0.1, 0.15) is 35.2 Å². The highest BCUT2D eigenvalue weighted by Gasteiger charge is 2.35. The van der Waals surface area contributed by atoms with Gasteiger partial charge < -0.3 is 9.84 Å². The van der Waals surface area contributed by atoms with Crippen LogP contribution in [0.4, 0.5) is 0 Å². The van der Waals surface area contributed by atoms with Gasteiger partial charge in [0.05, 0.1) is 6.04 Å². The molecule has 1 N–H and O–H groups in total. The summed E-state index contributed by atoms with van der Waals surface area (Å²) in [7, 11) is 0. The number of carbonyl (C=O) groups excluding carboxylic acids is 1. The first kappa shape index (κ1) is 20.2. The maximum atomic E-state index is 13.0. The molecule has 4 nitrogen and oxygen atoms in total. The van der Waals surface area contributed by atoms with E-state index < -0.39 is 0 Å². The standard InChI is InChI=1S/C26H27NO3/c1-19(26(29)21-11-8-12-22(28)17-21)27-16-15-25(30-23-13-6-3-7-14-23)24(18-27)20-9-4-2-5-10-20/h2-14,17,19,24-25,28H,15-16,18H2,1H3/t19?,24-,25+/m1/s1. The monoisotopic (exact) mass is 401 g/mol. The van der Waals surface area contributed by atoms with E-state index in [4.69, 9.17) is 4.74 Å². The summed E-state index contributed by atoms with van der Waals surface area (Å²) in [5, 5.41) is 9.74. The Bertz CT molecular complexity index is 974. The van der Waals surface area contributed by atoms with Crippen molar-refractivity contribution in [3.8, 4) is 11.5 Å². The van der Waals surface area contributed by atoms with Crippen molar-refractivity contribution in [1.29, 1.82) is 0 Å². The molecular formula is C26H27NO3. The van der Waals surface area contributed by atoms with Gasteiger partial charge in [0.25, 0.3) is 0 Å². The largest absolute Gasteiger partial charge is 0.508 e. The Kier molecular flexibility index (Phi) is 6.15. The molecule has 1 unspecified atom stereocenters. The third-order valence-electron chi connectivity index (χ3n) is 5.90. The summed E-state index contributed by atoms with van der Waals surface area (Å²) < 4.78 is 6.37. The highest BCUT2D eigenvalue weighted by atomic mass is 16.5. The van der Waals surface area contributed by atoms with Crippen molar-refractivity contribution in [2.45, 2.75) is 31.4 Å². The number of carbonyl (C=O) groups is 1. The molecule has 3 atom stereocenters. The van der Waals surface area contributed by atoms with Crippen LogP contribution in [0.3, 0.4) is 0 Å². The summed E-state index contributed by atoms with van der Waals surface area (Å²) >= 11 is 0. The molecule has 0 spiro atoms. The summed E-state index contributed by atoms with van der Waals surface area (Å²) in [5.74, 6) is 1.19. The van der Waals surface area contributed by atoms with Gasteiger partial charge in [-0.3, -0.25) is 9.69 Å². The van der Waals surface area contributed by atoms with Crippen LogP contribution in [-0.2, 0) is 0 Å². The van der Waals surface area contributed by atoms with Crippen LogP contribution in [0.25, 0.3) is 0 Å². The molecule has 1 saturated heterocycles. The lowest BCUT2D eigenvalue weighted by atomic mass is 9.86. The molecular weight excluding hydrogens is 374 g/mol. The van der Waals surface area contributed by atoms with Crippen LogP contribution >= 0.6 is 0 Å². The maximum absolute atomic E-state index is 13.0. The van der Waals surface area contributed by atoms with Crippen LogP contribution in [0, 0.1) is 0 Å². The lowest BCUT2D eigenvalue weighted by molar-refractivity contribution is 0.0509. The molecule has 0 bridgehead atoms. The Balaban J connectivity index is 1.54. The topological polar surface area (TPSA) is 49.8 Å². The number of benzene rings is 3. The molecule has 0 aliphatic carbocycles. The highest BCUT2D eigenvalue weighted by Crippen LogP contribution is 2.32. The normalized spacial score (nSPS) is 20.4. The Morgan fingerprint density at radius 1 is 1.00 bits per heavy atom. The molecule has 0 saturated carbocycles. The van der Waals surface area contributed by atoms with Gasteiger partial charge in [-0.1, -0.05) is 60.7 Å². The molecule has 3 aromatic carbocycles. The number of Topliss-reactive ketones (excluding diaryl/α,β-unsaturated/α-hetero) is 1. The van der Waals surface area contributed by atoms with E-state index >= 15 is 0 Å². The zero-order valence-electron chi connectivity index (χ0n) is 17.1. The molecule has 3 aromatic rings. The number of phenols is 1. The van der Waals surface area contributed by atoms with Gasteiger partial charge in [0, 0.05) is 24.6 Å². The van der Waals surface area contributed by atoms with Crippen molar-refractivity contribution in [3.63, 3.8) is 0 Å². The second kappa shape index (κ2) is 9.14. The predicted octanol–water partition coefficient (Wildman–Crippen LogP) is 4.90. The summed E-state index contributed by atoms with van der Waals surface area (Å²) in [4.78, 5) is 15.3. The van der Waals surface area contributed by atoms with Crippen LogP contribution in [0.5, 0.6) is 11.5 Å². The summed E-state index contributed by atoms with van der Waals surface area (Å²) in [5.41, 5.74) is 1.77. The Hall–Kier alpha value is -3.11. The number of ketones is 1. The third kappa shape index (κ3) is 4.55. The SMILES string of the molecule is CC(C(=O)c1cccc(O)c1)N1CC[C@H](Oc2ccccc2)[C@@H](c2ccccc2)C1. The van der Waals surface area contributed by atoms with E-state index in [0.717, 1.165) is 25.3 Å². The molecule has 4 heteroatoms. The number of hydrogen-bond donors (Lipinski definition) is 1. The van der Waals surface area contributed by atoms with Gasteiger partial charge in [-0.15, -0.1) is 0 Å². The smallest absolute Gasteiger partial charge is 0.179 e. The Morgan fingerprint density at radius 2 is 1.70 bits per heavy atom. The number of para-hydroxylation sites is 1. The number of phenolic OH excluding ortho intramolecular Hbond substituents is 1. The molecule has 0 amide bonds. The summed E-state index contributed by atoms with van der Waals surface area (Å²) in [6.45, 7) is 3.48. The van der Waals surface area contributed by atoms with Crippen molar-refractivity contribution in [2.24, 2.45) is 0 Å². The van der Waals surface area contributed by atoms with Crippen molar-refractivity contribution in [1.82, 2.24) is 4.90 Å². The fraction of sp³-hybridized carbons (Fsp3) is 0.269. The van der Waals surface area contributed by atoms with E-state index in [1.54, 1.807) is 24.3 Å². The molecule has 30 heavy (non-hydrogen) atoms. The van der Waals surface area contributed by atoms with Gasteiger partial charge in [-0.05, 0) is 43.2 Å². The molecule has 1 aliphatic heterocycles. The highest BCUT2D eigenvalue weighted by molar-refractivity contribution is 6.00. The lowest BCUT2D eigenvalue weighted by Crippen LogP contribution is -2.50. The van der Waals surface area contributed by atoms with Crippen LogP contribution in [-0.4, -0.2) is 41.0 Å². The molecule has 4 rings (SSSR count). The van der Waals surface area contributed by atoms with E-state index in [2.05, 4.69) is 29.2 Å². The lowest BCUT2D eigenvalue weighted by Gasteiger charge is -2.41. The Morgan fingerprint density at radius 3 is 2.40 bits per heavy atom. The minimum absolute atomic E-state index is 0.0279. The summed E-state index contributed by atoms with van der Waals surface area (Å²) in [6, 6.07) is 26.7. The predicted molar refractivity (Wildman–Crippen MR) is 118 cm³/mol. The second-order valence-electron chi connectivity index (χ2n) is 7.86. The number of likely N-dealkylation sites (tertiary alicyclic amines) is 1. The van der Waals surface area contributed by atoms with E-state index in [1.165, 1.54) is 5.56 Å². The van der Waals surface area contributed by atoms with E-state index in [0.29, 0.717) is 5.56 Å². The second-order valence-corrected chi connectivity index (χ2v) is 7.86. The number of rotatable bonds is 6. The Labute approximate surface area is 177 Å². The van der Waals surface area contributed by atoms with Crippen molar-refractivity contribution in [3.05, 3.63) is 96.1 Å². The van der Waals surface area contributed by atoms with Crippen LogP contribution in [0.15, 0.2) is 84.9 Å². The molecule has 0 aromatic heterocycles. The minimum atomic E-state index is -0.268. The average molecular weight is 402 g/mol. The number of aromatic hydroxyl groups is 1. The zero-order chi connectivity index (χ0) is 20.9.